The van der Waals surface area contributed by atoms with E-state index in [0.717, 1.165) is 9.35 Å². The van der Waals surface area contributed by atoms with Crippen LogP contribution in [0, 0.1) is 0 Å². The first-order chi connectivity index (χ1) is 7.25. The highest BCUT2D eigenvalue weighted by Crippen LogP contribution is 2.21. The van der Waals surface area contributed by atoms with Gasteiger partial charge in [-0.3, -0.25) is 4.79 Å². The molecule has 0 bridgehead atoms. The molecule has 0 atom stereocenters. The Hall–Kier alpha value is -1.13. The standard InChI is InChI=1S/C11H7BrO2S/c12-8-6-9(15-7-8)3-4-10(13)11-2-1-5-14-11/h1-7H. The summed E-state index contributed by atoms with van der Waals surface area (Å²) in [7, 11) is 0. The minimum atomic E-state index is -0.121. The Balaban J connectivity index is 2.09. The van der Waals surface area contributed by atoms with Gasteiger partial charge in [-0.2, -0.15) is 0 Å². The van der Waals surface area contributed by atoms with E-state index >= 15 is 0 Å². The van der Waals surface area contributed by atoms with Gasteiger partial charge in [-0.15, -0.1) is 11.3 Å². The Bertz CT molecular complexity index is 482. The number of rotatable bonds is 3. The molecule has 0 aliphatic rings. The molecule has 15 heavy (non-hydrogen) atoms. The van der Waals surface area contributed by atoms with Gasteiger partial charge in [0.2, 0.25) is 5.78 Å². The zero-order valence-electron chi connectivity index (χ0n) is 7.64. The van der Waals surface area contributed by atoms with E-state index in [1.807, 2.05) is 11.4 Å². The Morgan fingerprint density at radius 2 is 2.40 bits per heavy atom. The van der Waals surface area contributed by atoms with Crippen molar-refractivity contribution in [2.24, 2.45) is 0 Å². The van der Waals surface area contributed by atoms with E-state index in [2.05, 4.69) is 15.9 Å². The van der Waals surface area contributed by atoms with Crippen molar-refractivity contribution in [3.63, 3.8) is 0 Å². The number of carbonyl (C=O) groups is 1. The fourth-order valence-corrected chi connectivity index (χ4v) is 2.41. The average Bonchev–Trinajstić information content (AvgIpc) is 2.84. The second-order valence-electron chi connectivity index (χ2n) is 2.84. The van der Waals surface area contributed by atoms with E-state index in [-0.39, 0.29) is 5.78 Å². The van der Waals surface area contributed by atoms with Gasteiger partial charge in [0.15, 0.2) is 5.76 Å². The molecule has 2 rings (SSSR count). The lowest BCUT2D eigenvalue weighted by Gasteiger charge is -1.86. The quantitative estimate of drug-likeness (QED) is 0.629. The summed E-state index contributed by atoms with van der Waals surface area (Å²) in [4.78, 5) is 12.5. The number of halogens is 1. The fraction of sp³-hybridized carbons (Fsp3) is 0. The summed E-state index contributed by atoms with van der Waals surface area (Å²) in [5.74, 6) is 0.242. The van der Waals surface area contributed by atoms with Gasteiger partial charge in [0.05, 0.1) is 6.26 Å². The molecule has 76 valence electrons. The number of furan rings is 1. The maximum atomic E-state index is 11.5. The first-order valence-electron chi connectivity index (χ1n) is 4.25. The molecule has 0 amide bonds. The predicted octanol–water partition coefficient (Wildman–Crippen LogP) is 4.00. The van der Waals surface area contributed by atoms with Crippen LogP contribution in [-0.2, 0) is 0 Å². The monoisotopic (exact) mass is 282 g/mol. The summed E-state index contributed by atoms with van der Waals surface area (Å²) in [6.07, 6.45) is 4.78. The summed E-state index contributed by atoms with van der Waals surface area (Å²) in [6.45, 7) is 0. The van der Waals surface area contributed by atoms with Crippen LogP contribution in [0.25, 0.3) is 6.08 Å². The maximum Gasteiger partial charge on any atom is 0.221 e. The second-order valence-corrected chi connectivity index (χ2v) is 4.70. The van der Waals surface area contributed by atoms with Gasteiger partial charge in [0.25, 0.3) is 0 Å². The lowest BCUT2D eigenvalue weighted by Crippen LogP contribution is -1.89. The topological polar surface area (TPSA) is 30.2 Å². The van der Waals surface area contributed by atoms with Crippen molar-refractivity contribution in [3.8, 4) is 0 Å². The molecule has 0 aromatic carbocycles. The van der Waals surface area contributed by atoms with Crippen LogP contribution in [0.5, 0.6) is 0 Å². The Morgan fingerprint density at radius 3 is 3.00 bits per heavy atom. The number of carbonyl (C=O) groups excluding carboxylic acids is 1. The van der Waals surface area contributed by atoms with Crippen molar-refractivity contribution in [2.45, 2.75) is 0 Å². The molecule has 0 unspecified atom stereocenters. The highest BCUT2D eigenvalue weighted by molar-refractivity contribution is 9.10. The molecule has 2 aromatic rings. The van der Waals surface area contributed by atoms with Gasteiger partial charge in [-0.05, 0) is 46.3 Å². The molecule has 0 saturated carbocycles. The van der Waals surface area contributed by atoms with Crippen molar-refractivity contribution in [1.82, 2.24) is 0 Å². The minimum absolute atomic E-state index is 0.121. The van der Waals surface area contributed by atoms with Crippen LogP contribution in [0.2, 0.25) is 0 Å². The smallest absolute Gasteiger partial charge is 0.221 e. The normalized spacial score (nSPS) is 11.0. The number of hydrogen-bond donors (Lipinski definition) is 0. The van der Waals surface area contributed by atoms with Crippen LogP contribution < -0.4 is 0 Å². The van der Waals surface area contributed by atoms with E-state index < -0.39 is 0 Å². The summed E-state index contributed by atoms with van der Waals surface area (Å²) in [5.41, 5.74) is 0. The average molecular weight is 283 g/mol. The Labute approximate surface area is 99.4 Å². The molecule has 2 nitrogen and oxygen atoms in total. The van der Waals surface area contributed by atoms with Gasteiger partial charge in [-0.25, -0.2) is 0 Å². The van der Waals surface area contributed by atoms with Crippen molar-refractivity contribution in [2.75, 3.05) is 0 Å². The van der Waals surface area contributed by atoms with E-state index in [9.17, 15) is 4.79 Å². The summed E-state index contributed by atoms with van der Waals surface area (Å²) < 4.78 is 6.01. The van der Waals surface area contributed by atoms with E-state index in [1.165, 1.54) is 12.3 Å². The largest absolute Gasteiger partial charge is 0.461 e. The van der Waals surface area contributed by atoms with Gasteiger partial charge in [0, 0.05) is 14.7 Å². The van der Waals surface area contributed by atoms with Gasteiger partial charge in [-0.1, -0.05) is 0 Å². The van der Waals surface area contributed by atoms with E-state index in [4.69, 9.17) is 4.42 Å². The molecule has 0 N–H and O–H groups in total. The first-order valence-corrected chi connectivity index (χ1v) is 5.93. The third kappa shape index (κ3) is 2.67. The van der Waals surface area contributed by atoms with Crippen LogP contribution in [-0.4, -0.2) is 5.78 Å². The molecule has 0 radical (unpaired) electrons. The predicted molar refractivity (Wildman–Crippen MR) is 64.1 cm³/mol. The minimum Gasteiger partial charge on any atom is -0.461 e. The first kappa shape index (κ1) is 10.4. The van der Waals surface area contributed by atoms with Gasteiger partial charge >= 0.3 is 0 Å². The molecule has 0 aliphatic carbocycles. The fourth-order valence-electron chi connectivity index (χ4n) is 1.07. The zero-order valence-corrected chi connectivity index (χ0v) is 10.0. The van der Waals surface area contributed by atoms with Crippen LogP contribution in [0.3, 0.4) is 0 Å². The summed E-state index contributed by atoms with van der Waals surface area (Å²) >= 11 is 4.92. The second kappa shape index (κ2) is 4.59. The van der Waals surface area contributed by atoms with E-state index in [1.54, 1.807) is 29.5 Å². The Kier molecular flexibility index (Phi) is 3.18. The molecule has 2 aromatic heterocycles. The van der Waals surface area contributed by atoms with Crippen molar-refractivity contribution >= 4 is 39.1 Å². The van der Waals surface area contributed by atoms with Gasteiger partial charge in [0.1, 0.15) is 0 Å². The molecule has 0 spiro atoms. The maximum absolute atomic E-state index is 11.5. The molecule has 4 heteroatoms. The third-order valence-corrected chi connectivity index (χ3v) is 3.41. The van der Waals surface area contributed by atoms with Crippen LogP contribution in [0.15, 0.2) is 44.8 Å². The van der Waals surface area contributed by atoms with Crippen molar-refractivity contribution in [1.29, 1.82) is 0 Å². The van der Waals surface area contributed by atoms with Crippen molar-refractivity contribution in [3.05, 3.63) is 51.0 Å². The molecular weight excluding hydrogens is 276 g/mol. The summed E-state index contributed by atoms with van der Waals surface area (Å²) in [6, 6.07) is 5.30. The molecule has 2 heterocycles. The van der Waals surface area contributed by atoms with Crippen LogP contribution in [0.1, 0.15) is 15.4 Å². The highest BCUT2D eigenvalue weighted by Gasteiger charge is 2.03. The number of hydrogen-bond acceptors (Lipinski definition) is 3. The molecule has 0 saturated heterocycles. The molecule has 0 aliphatic heterocycles. The van der Waals surface area contributed by atoms with Crippen LogP contribution in [0.4, 0.5) is 0 Å². The Morgan fingerprint density at radius 1 is 1.53 bits per heavy atom. The van der Waals surface area contributed by atoms with Crippen LogP contribution >= 0.6 is 27.3 Å². The SMILES string of the molecule is O=C(C=Cc1cc(Br)cs1)c1ccco1. The summed E-state index contributed by atoms with van der Waals surface area (Å²) in [5, 5.41) is 1.97. The lowest BCUT2D eigenvalue weighted by atomic mass is 10.2. The number of allylic oxidation sites excluding steroid dienone is 1. The van der Waals surface area contributed by atoms with Gasteiger partial charge < -0.3 is 4.42 Å². The lowest BCUT2D eigenvalue weighted by molar-refractivity contribution is 0.102. The van der Waals surface area contributed by atoms with Crippen molar-refractivity contribution < 1.29 is 9.21 Å². The number of thiophene rings is 1. The molecular formula is C11H7BrO2S. The molecule has 0 fully saturated rings. The highest BCUT2D eigenvalue weighted by atomic mass is 79.9. The van der Waals surface area contributed by atoms with E-state index in [0.29, 0.717) is 5.76 Å². The zero-order chi connectivity index (χ0) is 10.7. The number of ketones is 1. The third-order valence-electron chi connectivity index (χ3n) is 1.75.